The number of aromatic carboxylic acids is 1. The fourth-order valence-corrected chi connectivity index (χ4v) is 1.78. The van der Waals surface area contributed by atoms with E-state index in [4.69, 9.17) is 4.74 Å². The molecule has 1 aromatic carbocycles. The van der Waals surface area contributed by atoms with E-state index in [0.29, 0.717) is 5.52 Å². The summed E-state index contributed by atoms with van der Waals surface area (Å²) in [6.07, 6.45) is 1.46. The third-order valence-electron chi connectivity index (χ3n) is 2.69. The number of aromatic nitrogens is 4. The molecule has 0 spiro atoms. The largest absolute Gasteiger partial charge is 0.477 e. The number of rotatable bonds is 3. The summed E-state index contributed by atoms with van der Waals surface area (Å²) >= 11 is 0. The summed E-state index contributed by atoms with van der Waals surface area (Å²) in [4.78, 5) is 19.4. The molecule has 2 aromatic heterocycles. The first-order chi connectivity index (χ1) is 9.63. The van der Waals surface area contributed by atoms with Gasteiger partial charge >= 0.3 is 12.0 Å². The van der Waals surface area contributed by atoms with Crippen LogP contribution in [0.4, 0.5) is 0 Å². The second-order valence-electron chi connectivity index (χ2n) is 4.14. The van der Waals surface area contributed by atoms with Crippen LogP contribution in [0.15, 0.2) is 36.7 Å². The SMILES string of the molecule is Cn1cnc(Oc2nc3ccccc3cc2C(=O)O)n1. The molecule has 0 saturated heterocycles. The van der Waals surface area contributed by atoms with Gasteiger partial charge in [0.1, 0.15) is 11.9 Å². The minimum absolute atomic E-state index is 0.0256. The Hall–Kier alpha value is -2.96. The Morgan fingerprint density at radius 3 is 2.85 bits per heavy atom. The average Bonchev–Trinajstić information content (AvgIpc) is 2.83. The molecule has 0 bridgehead atoms. The lowest BCUT2D eigenvalue weighted by Crippen LogP contribution is -2.03. The summed E-state index contributed by atoms with van der Waals surface area (Å²) in [5, 5.41) is 13.9. The number of hydrogen-bond acceptors (Lipinski definition) is 5. The van der Waals surface area contributed by atoms with Gasteiger partial charge in [0, 0.05) is 12.4 Å². The van der Waals surface area contributed by atoms with Crippen LogP contribution < -0.4 is 4.74 Å². The van der Waals surface area contributed by atoms with E-state index in [0.717, 1.165) is 5.39 Å². The summed E-state index contributed by atoms with van der Waals surface area (Å²) in [5.74, 6) is -1.14. The first-order valence-corrected chi connectivity index (χ1v) is 5.80. The van der Waals surface area contributed by atoms with Crippen molar-refractivity contribution in [2.24, 2.45) is 7.05 Å². The highest BCUT2D eigenvalue weighted by Gasteiger charge is 2.16. The fraction of sp³-hybridized carbons (Fsp3) is 0.0769. The Bertz CT molecular complexity index is 797. The number of carboxylic acids is 1. The number of carbonyl (C=O) groups is 1. The number of nitrogens with zero attached hydrogens (tertiary/aromatic N) is 4. The standard InChI is InChI=1S/C13H10N4O3/c1-17-7-14-13(16-17)20-11-9(12(18)19)6-8-4-2-3-5-10(8)15-11/h2-7H,1H3,(H,18,19). The van der Waals surface area contributed by atoms with E-state index in [-0.39, 0.29) is 17.5 Å². The molecular weight excluding hydrogens is 260 g/mol. The first-order valence-electron chi connectivity index (χ1n) is 5.80. The van der Waals surface area contributed by atoms with E-state index < -0.39 is 5.97 Å². The second-order valence-corrected chi connectivity index (χ2v) is 4.14. The number of carboxylic acid groups (broad SMARTS) is 1. The minimum Gasteiger partial charge on any atom is -0.477 e. The van der Waals surface area contributed by atoms with Gasteiger partial charge in [-0.05, 0) is 12.1 Å². The van der Waals surface area contributed by atoms with Gasteiger partial charge in [-0.2, -0.15) is 4.98 Å². The number of pyridine rings is 1. The molecule has 0 aliphatic rings. The maximum atomic E-state index is 11.3. The molecule has 0 aliphatic carbocycles. The van der Waals surface area contributed by atoms with Crippen LogP contribution in [0.3, 0.4) is 0 Å². The van der Waals surface area contributed by atoms with Crippen LogP contribution in [-0.4, -0.2) is 30.8 Å². The lowest BCUT2D eigenvalue weighted by Gasteiger charge is -2.06. The van der Waals surface area contributed by atoms with Crippen molar-refractivity contribution in [3.63, 3.8) is 0 Å². The van der Waals surface area contributed by atoms with E-state index in [2.05, 4.69) is 15.1 Å². The third kappa shape index (κ3) is 2.16. The molecule has 7 heteroatoms. The van der Waals surface area contributed by atoms with Crippen LogP contribution >= 0.6 is 0 Å². The topological polar surface area (TPSA) is 90.1 Å². The zero-order chi connectivity index (χ0) is 14.1. The van der Waals surface area contributed by atoms with E-state index in [1.54, 1.807) is 19.2 Å². The zero-order valence-corrected chi connectivity index (χ0v) is 10.5. The summed E-state index contributed by atoms with van der Waals surface area (Å²) in [7, 11) is 1.69. The molecule has 0 saturated carbocycles. The van der Waals surface area contributed by atoms with E-state index in [9.17, 15) is 9.90 Å². The summed E-state index contributed by atoms with van der Waals surface area (Å²) in [6.45, 7) is 0. The van der Waals surface area contributed by atoms with Crippen LogP contribution in [0.1, 0.15) is 10.4 Å². The van der Waals surface area contributed by atoms with Gasteiger partial charge in [0.2, 0.25) is 5.88 Å². The van der Waals surface area contributed by atoms with Gasteiger partial charge in [-0.3, -0.25) is 4.68 Å². The maximum absolute atomic E-state index is 11.3. The van der Waals surface area contributed by atoms with Crippen LogP contribution in [-0.2, 0) is 7.05 Å². The molecule has 0 radical (unpaired) electrons. The van der Waals surface area contributed by atoms with Gasteiger partial charge in [0.05, 0.1) is 5.52 Å². The summed E-state index contributed by atoms with van der Waals surface area (Å²) < 4.78 is 6.82. The van der Waals surface area contributed by atoms with Crippen LogP contribution in [0, 0.1) is 0 Å². The highest BCUT2D eigenvalue weighted by Crippen LogP contribution is 2.25. The maximum Gasteiger partial charge on any atom is 0.342 e. The van der Waals surface area contributed by atoms with Crippen molar-refractivity contribution < 1.29 is 14.6 Å². The number of aryl methyl sites for hydroxylation is 1. The molecule has 2 heterocycles. The minimum atomic E-state index is -1.12. The summed E-state index contributed by atoms with van der Waals surface area (Å²) in [6, 6.07) is 8.77. The molecule has 0 fully saturated rings. The lowest BCUT2D eigenvalue weighted by atomic mass is 10.1. The normalized spacial score (nSPS) is 10.7. The molecule has 1 N–H and O–H groups in total. The molecule has 100 valence electrons. The van der Waals surface area contributed by atoms with Gasteiger partial charge in [0.25, 0.3) is 0 Å². The first kappa shape index (κ1) is 12.1. The Labute approximate surface area is 113 Å². The Kier molecular flexibility index (Phi) is 2.79. The highest BCUT2D eigenvalue weighted by molar-refractivity contribution is 5.95. The van der Waals surface area contributed by atoms with Crippen molar-refractivity contribution in [2.45, 2.75) is 0 Å². The molecule has 0 aliphatic heterocycles. The molecule has 20 heavy (non-hydrogen) atoms. The van der Waals surface area contributed by atoms with Crippen molar-refractivity contribution >= 4 is 16.9 Å². The zero-order valence-electron chi connectivity index (χ0n) is 10.5. The average molecular weight is 270 g/mol. The van der Waals surface area contributed by atoms with Crippen molar-refractivity contribution in [1.82, 2.24) is 19.7 Å². The van der Waals surface area contributed by atoms with Gasteiger partial charge < -0.3 is 9.84 Å². The Morgan fingerprint density at radius 2 is 2.15 bits per heavy atom. The Morgan fingerprint density at radius 1 is 1.35 bits per heavy atom. The number of ether oxygens (including phenoxy) is 1. The van der Waals surface area contributed by atoms with Crippen LogP contribution in [0.2, 0.25) is 0 Å². The predicted octanol–water partition coefficient (Wildman–Crippen LogP) is 1.85. The molecule has 0 amide bonds. The number of benzene rings is 1. The van der Waals surface area contributed by atoms with Gasteiger partial charge in [0.15, 0.2) is 0 Å². The van der Waals surface area contributed by atoms with Crippen molar-refractivity contribution in [3.05, 3.63) is 42.2 Å². The van der Waals surface area contributed by atoms with E-state index in [1.165, 1.54) is 17.1 Å². The fourth-order valence-electron chi connectivity index (χ4n) is 1.78. The quantitative estimate of drug-likeness (QED) is 0.781. The van der Waals surface area contributed by atoms with Gasteiger partial charge in [-0.25, -0.2) is 9.78 Å². The van der Waals surface area contributed by atoms with Crippen molar-refractivity contribution in [1.29, 1.82) is 0 Å². The number of fused-ring (bicyclic) bond motifs is 1. The smallest absolute Gasteiger partial charge is 0.342 e. The van der Waals surface area contributed by atoms with Crippen LogP contribution in [0.25, 0.3) is 10.9 Å². The summed E-state index contributed by atoms with van der Waals surface area (Å²) in [5.41, 5.74) is 0.611. The van der Waals surface area contributed by atoms with Gasteiger partial charge in [-0.1, -0.05) is 18.2 Å². The van der Waals surface area contributed by atoms with Crippen molar-refractivity contribution in [3.8, 4) is 11.9 Å². The lowest BCUT2D eigenvalue weighted by molar-refractivity contribution is 0.0693. The highest BCUT2D eigenvalue weighted by atomic mass is 16.5. The predicted molar refractivity (Wildman–Crippen MR) is 69.8 cm³/mol. The number of hydrogen-bond donors (Lipinski definition) is 1. The van der Waals surface area contributed by atoms with Gasteiger partial charge in [-0.15, -0.1) is 5.10 Å². The van der Waals surface area contributed by atoms with E-state index >= 15 is 0 Å². The van der Waals surface area contributed by atoms with Crippen molar-refractivity contribution in [2.75, 3.05) is 0 Å². The molecule has 7 nitrogen and oxygen atoms in total. The van der Waals surface area contributed by atoms with E-state index in [1.807, 2.05) is 12.1 Å². The molecule has 0 unspecified atom stereocenters. The molecule has 3 aromatic rings. The molecular formula is C13H10N4O3. The molecule has 0 atom stereocenters. The van der Waals surface area contributed by atoms with Crippen LogP contribution in [0.5, 0.6) is 11.9 Å². The molecule has 3 rings (SSSR count). The third-order valence-corrected chi connectivity index (χ3v) is 2.69. The second kappa shape index (κ2) is 4.61. The Balaban J connectivity index is 2.11. The monoisotopic (exact) mass is 270 g/mol. The number of para-hydroxylation sites is 1.